The van der Waals surface area contributed by atoms with Crippen molar-refractivity contribution in [3.05, 3.63) is 70.3 Å². The molecule has 6 nitrogen and oxygen atoms in total. The molecule has 154 valence electrons. The van der Waals surface area contributed by atoms with Crippen LogP contribution in [0.4, 0.5) is 4.79 Å². The highest BCUT2D eigenvalue weighted by molar-refractivity contribution is 6.09. The standard InChI is InChI=1S/C24H25N3O3/c1-24(20-10-9-16-7-4-8-18(16)13-20)22(29)27(23(30)25-24)15-21(28)26-12-11-17-5-2-3-6-19(17)14-26/h2-3,5-6,9-10,13H,4,7-8,11-12,14-15H2,1H3,(H,25,30). The summed E-state index contributed by atoms with van der Waals surface area (Å²) in [5.74, 6) is -0.567. The lowest BCUT2D eigenvalue weighted by Gasteiger charge is -2.30. The van der Waals surface area contributed by atoms with Crippen molar-refractivity contribution in [2.45, 2.75) is 44.7 Å². The Hall–Kier alpha value is -3.15. The van der Waals surface area contributed by atoms with Crippen LogP contribution in [-0.2, 0) is 40.9 Å². The summed E-state index contributed by atoms with van der Waals surface area (Å²) in [5, 5.41) is 2.83. The Morgan fingerprint density at radius 1 is 1.00 bits per heavy atom. The molecule has 1 atom stereocenters. The number of rotatable bonds is 3. The number of hydrogen-bond acceptors (Lipinski definition) is 3. The van der Waals surface area contributed by atoms with Gasteiger partial charge in [0.2, 0.25) is 5.91 Å². The van der Waals surface area contributed by atoms with Gasteiger partial charge in [-0.25, -0.2) is 4.79 Å². The normalized spacial score (nSPS) is 22.7. The summed E-state index contributed by atoms with van der Waals surface area (Å²) >= 11 is 0. The maximum Gasteiger partial charge on any atom is 0.325 e. The van der Waals surface area contributed by atoms with Crippen molar-refractivity contribution in [1.29, 1.82) is 0 Å². The lowest BCUT2D eigenvalue weighted by Crippen LogP contribution is -2.45. The molecule has 5 rings (SSSR count). The third kappa shape index (κ3) is 2.98. The maximum atomic E-state index is 13.2. The van der Waals surface area contributed by atoms with E-state index in [9.17, 15) is 14.4 Å². The van der Waals surface area contributed by atoms with Gasteiger partial charge in [0.15, 0.2) is 0 Å². The monoisotopic (exact) mass is 403 g/mol. The first-order chi connectivity index (χ1) is 14.5. The van der Waals surface area contributed by atoms with Gasteiger partial charge in [-0.15, -0.1) is 0 Å². The number of fused-ring (bicyclic) bond motifs is 2. The highest BCUT2D eigenvalue weighted by Crippen LogP contribution is 2.32. The first kappa shape index (κ1) is 18.9. The number of hydrogen-bond donors (Lipinski definition) is 1. The summed E-state index contributed by atoms with van der Waals surface area (Å²) in [6.07, 6.45) is 3.97. The molecule has 0 saturated carbocycles. The average Bonchev–Trinajstić information content (AvgIpc) is 3.31. The Balaban J connectivity index is 1.33. The Labute approximate surface area is 175 Å². The minimum absolute atomic E-state index is 0.203. The minimum Gasteiger partial charge on any atom is -0.336 e. The SMILES string of the molecule is CC1(c2ccc3c(c2)CCC3)NC(=O)N(CC(=O)N2CCc3ccccc3C2)C1=O. The molecule has 0 radical (unpaired) electrons. The molecule has 30 heavy (non-hydrogen) atoms. The molecule has 2 heterocycles. The van der Waals surface area contributed by atoms with E-state index in [1.165, 1.54) is 16.7 Å². The Bertz CT molecular complexity index is 1060. The third-order valence-corrected chi connectivity index (χ3v) is 6.73. The number of nitrogens with one attached hydrogen (secondary N) is 1. The summed E-state index contributed by atoms with van der Waals surface area (Å²) in [6, 6.07) is 13.6. The molecular formula is C24H25N3O3. The van der Waals surface area contributed by atoms with Crippen LogP contribution < -0.4 is 5.32 Å². The molecule has 2 aliphatic heterocycles. The fourth-order valence-electron chi connectivity index (χ4n) is 4.86. The Morgan fingerprint density at radius 3 is 2.57 bits per heavy atom. The van der Waals surface area contributed by atoms with Crippen molar-refractivity contribution in [3.63, 3.8) is 0 Å². The molecular weight excluding hydrogens is 378 g/mol. The largest absolute Gasteiger partial charge is 0.336 e. The van der Waals surface area contributed by atoms with E-state index in [4.69, 9.17) is 0 Å². The zero-order valence-electron chi connectivity index (χ0n) is 17.1. The van der Waals surface area contributed by atoms with Crippen LogP contribution in [0.5, 0.6) is 0 Å². The lowest BCUT2D eigenvalue weighted by molar-refractivity contribution is -0.139. The summed E-state index contributed by atoms with van der Waals surface area (Å²) in [4.78, 5) is 41.6. The van der Waals surface area contributed by atoms with E-state index in [0.29, 0.717) is 13.1 Å². The molecule has 1 saturated heterocycles. The summed E-state index contributed by atoms with van der Waals surface area (Å²) in [7, 11) is 0. The van der Waals surface area contributed by atoms with Gasteiger partial charge >= 0.3 is 6.03 Å². The summed E-state index contributed by atoms with van der Waals surface area (Å²) in [6.45, 7) is 2.61. The molecule has 1 fully saturated rings. The second kappa shape index (κ2) is 6.97. The quantitative estimate of drug-likeness (QED) is 0.801. The van der Waals surface area contributed by atoms with Crippen LogP contribution in [0, 0.1) is 0 Å². The zero-order valence-corrected chi connectivity index (χ0v) is 17.1. The van der Waals surface area contributed by atoms with Crippen molar-refractivity contribution in [1.82, 2.24) is 15.1 Å². The topological polar surface area (TPSA) is 69.7 Å². The van der Waals surface area contributed by atoms with Crippen molar-refractivity contribution in [2.24, 2.45) is 0 Å². The van der Waals surface area contributed by atoms with Crippen LogP contribution in [0.1, 0.15) is 41.2 Å². The molecule has 1 aliphatic carbocycles. The molecule has 2 aromatic rings. The van der Waals surface area contributed by atoms with E-state index in [2.05, 4.69) is 17.4 Å². The van der Waals surface area contributed by atoms with Crippen LogP contribution in [-0.4, -0.2) is 40.7 Å². The van der Waals surface area contributed by atoms with E-state index in [-0.39, 0.29) is 18.4 Å². The molecule has 6 heteroatoms. The Kier molecular flexibility index (Phi) is 4.38. The molecule has 1 N–H and O–H groups in total. The minimum atomic E-state index is -1.14. The van der Waals surface area contributed by atoms with E-state index in [1.807, 2.05) is 30.3 Å². The van der Waals surface area contributed by atoms with Gasteiger partial charge in [-0.05, 0) is 60.4 Å². The van der Waals surface area contributed by atoms with Gasteiger partial charge < -0.3 is 10.2 Å². The van der Waals surface area contributed by atoms with Crippen molar-refractivity contribution in [3.8, 4) is 0 Å². The highest BCUT2D eigenvalue weighted by atomic mass is 16.2. The van der Waals surface area contributed by atoms with Crippen LogP contribution in [0.2, 0.25) is 0 Å². The molecule has 3 aliphatic rings. The van der Waals surface area contributed by atoms with Gasteiger partial charge in [0.1, 0.15) is 12.1 Å². The van der Waals surface area contributed by atoms with Crippen molar-refractivity contribution < 1.29 is 14.4 Å². The van der Waals surface area contributed by atoms with Gasteiger partial charge in [0.05, 0.1) is 0 Å². The predicted molar refractivity (Wildman–Crippen MR) is 112 cm³/mol. The van der Waals surface area contributed by atoms with Crippen LogP contribution in [0.25, 0.3) is 0 Å². The van der Waals surface area contributed by atoms with Crippen LogP contribution in [0.3, 0.4) is 0 Å². The number of benzene rings is 2. The van der Waals surface area contributed by atoms with Crippen LogP contribution in [0.15, 0.2) is 42.5 Å². The second-order valence-corrected chi connectivity index (χ2v) is 8.62. The fourth-order valence-corrected chi connectivity index (χ4v) is 4.86. The van der Waals surface area contributed by atoms with E-state index in [1.54, 1.807) is 11.8 Å². The van der Waals surface area contributed by atoms with Crippen molar-refractivity contribution in [2.75, 3.05) is 13.1 Å². The van der Waals surface area contributed by atoms with Crippen LogP contribution >= 0.6 is 0 Å². The molecule has 0 spiro atoms. The zero-order chi connectivity index (χ0) is 20.9. The van der Waals surface area contributed by atoms with E-state index in [0.717, 1.165) is 41.7 Å². The molecule has 0 bridgehead atoms. The molecule has 0 aromatic heterocycles. The number of imide groups is 1. The maximum absolute atomic E-state index is 13.2. The average molecular weight is 403 g/mol. The van der Waals surface area contributed by atoms with Gasteiger partial charge in [-0.3, -0.25) is 14.5 Å². The smallest absolute Gasteiger partial charge is 0.325 e. The third-order valence-electron chi connectivity index (χ3n) is 6.73. The summed E-state index contributed by atoms with van der Waals surface area (Å²) < 4.78 is 0. The van der Waals surface area contributed by atoms with Crippen molar-refractivity contribution >= 4 is 17.8 Å². The van der Waals surface area contributed by atoms with Gasteiger partial charge in [0.25, 0.3) is 5.91 Å². The van der Waals surface area contributed by atoms with Gasteiger partial charge in [0, 0.05) is 13.1 Å². The number of carbonyl (C=O) groups is 3. The van der Waals surface area contributed by atoms with Gasteiger partial charge in [-0.2, -0.15) is 0 Å². The first-order valence-corrected chi connectivity index (χ1v) is 10.6. The molecule has 2 aromatic carbocycles. The number of nitrogens with zero attached hydrogens (tertiary/aromatic N) is 2. The number of carbonyl (C=O) groups excluding carboxylic acids is 3. The lowest BCUT2D eigenvalue weighted by atomic mass is 9.89. The fraction of sp³-hybridized carbons (Fsp3) is 0.375. The van der Waals surface area contributed by atoms with Gasteiger partial charge in [-0.1, -0.05) is 42.5 Å². The molecule has 1 unspecified atom stereocenters. The molecule has 4 amide bonds. The van der Waals surface area contributed by atoms with E-state index >= 15 is 0 Å². The first-order valence-electron chi connectivity index (χ1n) is 10.6. The number of aryl methyl sites for hydroxylation is 2. The van der Waals surface area contributed by atoms with E-state index < -0.39 is 11.6 Å². The number of amides is 4. The second-order valence-electron chi connectivity index (χ2n) is 8.62. The predicted octanol–water partition coefficient (Wildman–Crippen LogP) is 2.53. The summed E-state index contributed by atoms with van der Waals surface area (Å²) in [5.41, 5.74) is 4.58. The highest BCUT2D eigenvalue weighted by Gasteiger charge is 2.50. The Morgan fingerprint density at radius 2 is 1.73 bits per heavy atom. The number of urea groups is 1.